The number of Topliss-reactive ketones (excluding diaryl/α,β-unsaturated/α-hetero) is 1. The average Bonchev–Trinajstić information content (AvgIpc) is 2.24. The molecule has 0 heterocycles. The van der Waals surface area contributed by atoms with Gasteiger partial charge >= 0.3 is 0 Å². The fourth-order valence-electron chi connectivity index (χ4n) is 1.10. The van der Waals surface area contributed by atoms with E-state index in [9.17, 15) is 9.18 Å². The van der Waals surface area contributed by atoms with Gasteiger partial charge < -0.3 is 5.21 Å². The lowest BCUT2D eigenvalue weighted by molar-refractivity contribution is -0.112. The Kier molecular flexibility index (Phi) is 3.96. The van der Waals surface area contributed by atoms with Crippen LogP contribution in [0.3, 0.4) is 0 Å². The second-order valence-corrected chi connectivity index (χ2v) is 3.91. The predicted octanol–water partition coefficient (Wildman–Crippen LogP) is 2.87. The molecule has 0 saturated heterocycles. The summed E-state index contributed by atoms with van der Waals surface area (Å²) >= 11 is 2.99. The Bertz CT molecular complexity index is 396. The van der Waals surface area contributed by atoms with E-state index in [0.29, 0.717) is 5.57 Å². The standard InChI is InChI=1S/C10H9BrFNO2/c1-6-4-8(12)7(11)2-3-10(14)9(5-6)13-15/h2,4,15H,1,3,5H2/b7-2+,8-4+,13-9+. The van der Waals surface area contributed by atoms with E-state index in [4.69, 9.17) is 5.21 Å². The molecule has 0 aromatic heterocycles. The van der Waals surface area contributed by atoms with Crippen molar-refractivity contribution < 1.29 is 14.4 Å². The van der Waals surface area contributed by atoms with Crippen LogP contribution in [0, 0.1) is 0 Å². The van der Waals surface area contributed by atoms with Crippen LogP contribution in [0.4, 0.5) is 4.39 Å². The third kappa shape index (κ3) is 3.13. The molecule has 0 bridgehead atoms. The Hall–Kier alpha value is -1.23. The Balaban J connectivity index is 3.08. The zero-order valence-corrected chi connectivity index (χ0v) is 9.42. The summed E-state index contributed by atoms with van der Waals surface area (Å²) in [6, 6.07) is 0. The van der Waals surface area contributed by atoms with E-state index in [1.807, 2.05) is 0 Å². The topological polar surface area (TPSA) is 49.7 Å². The maximum absolute atomic E-state index is 13.3. The summed E-state index contributed by atoms with van der Waals surface area (Å²) in [5.74, 6) is -0.842. The van der Waals surface area contributed by atoms with E-state index < -0.39 is 5.83 Å². The minimum absolute atomic E-state index is 0.00544. The molecule has 0 aromatic rings. The van der Waals surface area contributed by atoms with Crippen LogP contribution < -0.4 is 0 Å². The van der Waals surface area contributed by atoms with Crippen LogP contribution in [0.5, 0.6) is 0 Å². The molecule has 5 heteroatoms. The second kappa shape index (κ2) is 5.02. The van der Waals surface area contributed by atoms with Crippen molar-refractivity contribution in [3.05, 3.63) is 34.6 Å². The van der Waals surface area contributed by atoms with Gasteiger partial charge in [-0.3, -0.25) is 4.79 Å². The van der Waals surface area contributed by atoms with Gasteiger partial charge in [-0.2, -0.15) is 0 Å². The number of rotatable bonds is 0. The van der Waals surface area contributed by atoms with Crippen LogP contribution in [0.15, 0.2) is 39.8 Å². The number of ketones is 1. The van der Waals surface area contributed by atoms with Crippen molar-refractivity contribution >= 4 is 27.4 Å². The first-order chi connectivity index (χ1) is 7.04. The molecule has 0 atom stereocenters. The third-order valence-electron chi connectivity index (χ3n) is 1.86. The summed E-state index contributed by atoms with van der Waals surface area (Å²) in [5.41, 5.74) is 0.364. The SMILES string of the molecule is C=C1/C=C(F)\C(Br)=C/CC(=O)/C(=N/O)C1. The summed E-state index contributed by atoms with van der Waals surface area (Å²) in [7, 11) is 0. The highest BCUT2D eigenvalue weighted by Gasteiger charge is 2.15. The van der Waals surface area contributed by atoms with Gasteiger partial charge in [0.1, 0.15) is 11.5 Å². The van der Waals surface area contributed by atoms with E-state index in [-0.39, 0.29) is 28.8 Å². The first kappa shape index (κ1) is 11.8. The smallest absolute Gasteiger partial charge is 0.184 e. The quantitative estimate of drug-likeness (QED) is 0.545. The lowest BCUT2D eigenvalue weighted by atomic mass is 10.1. The van der Waals surface area contributed by atoms with Crippen LogP contribution in [-0.4, -0.2) is 16.7 Å². The number of allylic oxidation sites excluding steroid dienone is 5. The molecule has 1 N–H and O–H groups in total. The molecule has 1 aliphatic carbocycles. The fraction of sp³-hybridized carbons (Fsp3) is 0.200. The Morgan fingerprint density at radius 2 is 2.27 bits per heavy atom. The number of nitrogens with zero attached hydrogens (tertiary/aromatic N) is 1. The zero-order chi connectivity index (χ0) is 11.4. The largest absolute Gasteiger partial charge is 0.411 e. The molecule has 0 aromatic carbocycles. The van der Waals surface area contributed by atoms with E-state index in [1.54, 1.807) is 0 Å². The van der Waals surface area contributed by atoms with Crippen LogP contribution in [0.1, 0.15) is 12.8 Å². The van der Waals surface area contributed by atoms with Gasteiger partial charge in [-0.25, -0.2) is 4.39 Å². The second-order valence-electron chi connectivity index (χ2n) is 3.05. The Labute approximate surface area is 94.8 Å². The number of carbonyl (C=O) groups is 1. The van der Waals surface area contributed by atoms with Crippen molar-refractivity contribution in [3.63, 3.8) is 0 Å². The number of oxime groups is 1. The minimum atomic E-state index is -0.494. The molecule has 0 amide bonds. The highest BCUT2D eigenvalue weighted by Crippen LogP contribution is 2.23. The van der Waals surface area contributed by atoms with Crippen molar-refractivity contribution in [2.75, 3.05) is 0 Å². The van der Waals surface area contributed by atoms with Crippen molar-refractivity contribution in [2.45, 2.75) is 12.8 Å². The van der Waals surface area contributed by atoms with E-state index >= 15 is 0 Å². The van der Waals surface area contributed by atoms with Gasteiger partial charge in [-0.1, -0.05) is 17.8 Å². The lowest BCUT2D eigenvalue weighted by Crippen LogP contribution is -2.13. The van der Waals surface area contributed by atoms with Gasteiger partial charge in [0.15, 0.2) is 5.78 Å². The van der Waals surface area contributed by atoms with E-state index in [1.165, 1.54) is 12.2 Å². The van der Waals surface area contributed by atoms with E-state index in [2.05, 4.69) is 27.7 Å². The molecular weight excluding hydrogens is 265 g/mol. The summed E-state index contributed by atoms with van der Waals surface area (Å²) in [5, 5.41) is 11.5. The average molecular weight is 274 g/mol. The summed E-state index contributed by atoms with van der Waals surface area (Å²) in [6.07, 6.45) is 2.63. The van der Waals surface area contributed by atoms with Crippen molar-refractivity contribution in [1.29, 1.82) is 0 Å². The molecule has 0 radical (unpaired) electrons. The zero-order valence-electron chi connectivity index (χ0n) is 7.83. The maximum Gasteiger partial charge on any atom is 0.184 e. The number of hydrogen-bond donors (Lipinski definition) is 1. The van der Waals surface area contributed by atoms with Gasteiger partial charge in [-0.15, -0.1) is 0 Å². The van der Waals surface area contributed by atoms with Crippen molar-refractivity contribution in [3.8, 4) is 0 Å². The maximum atomic E-state index is 13.3. The molecule has 0 saturated carbocycles. The fourth-order valence-corrected chi connectivity index (χ4v) is 1.38. The van der Waals surface area contributed by atoms with Gasteiger partial charge in [0, 0.05) is 17.3 Å². The predicted molar refractivity (Wildman–Crippen MR) is 58.8 cm³/mol. The number of hydrogen-bond acceptors (Lipinski definition) is 3. The Morgan fingerprint density at radius 1 is 1.60 bits per heavy atom. The number of halogens is 2. The molecular formula is C10H9BrFNO2. The summed E-state index contributed by atoms with van der Waals surface area (Å²) < 4.78 is 13.5. The van der Waals surface area contributed by atoms with Gasteiger partial charge in [0.25, 0.3) is 0 Å². The van der Waals surface area contributed by atoms with Crippen molar-refractivity contribution in [2.24, 2.45) is 5.16 Å². The highest BCUT2D eigenvalue weighted by molar-refractivity contribution is 9.11. The summed E-state index contributed by atoms with van der Waals surface area (Å²) in [6.45, 7) is 3.57. The lowest BCUT2D eigenvalue weighted by Gasteiger charge is -2.00. The van der Waals surface area contributed by atoms with Crippen molar-refractivity contribution in [1.82, 2.24) is 0 Å². The molecule has 0 unspecified atom stereocenters. The first-order valence-corrected chi connectivity index (χ1v) is 4.99. The van der Waals surface area contributed by atoms with Crippen LogP contribution in [-0.2, 0) is 4.79 Å². The number of carbonyl (C=O) groups excluding carboxylic acids is 1. The summed E-state index contributed by atoms with van der Waals surface area (Å²) in [4.78, 5) is 11.4. The van der Waals surface area contributed by atoms with Gasteiger partial charge in [0.2, 0.25) is 0 Å². The Morgan fingerprint density at radius 3 is 2.87 bits per heavy atom. The molecule has 80 valence electrons. The molecule has 0 aliphatic heterocycles. The third-order valence-corrected chi connectivity index (χ3v) is 2.57. The molecule has 0 spiro atoms. The normalized spacial score (nSPS) is 28.5. The molecule has 1 rings (SSSR count). The molecule has 3 nitrogen and oxygen atoms in total. The first-order valence-electron chi connectivity index (χ1n) is 4.19. The van der Waals surface area contributed by atoms with Crippen LogP contribution >= 0.6 is 15.9 Å². The van der Waals surface area contributed by atoms with Gasteiger partial charge in [-0.05, 0) is 27.6 Å². The monoisotopic (exact) mass is 273 g/mol. The van der Waals surface area contributed by atoms with E-state index in [0.717, 1.165) is 0 Å². The molecule has 1 aliphatic rings. The minimum Gasteiger partial charge on any atom is -0.411 e. The van der Waals surface area contributed by atoms with Gasteiger partial charge in [0.05, 0.1) is 0 Å². The molecule has 15 heavy (non-hydrogen) atoms. The van der Waals surface area contributed by atoms with Crippen LogP contribution in [0.2, 0.25) is 0 Å². The molecule has 0 fully saturated rings. The van der Waals surface area contributed by atoms with Crippen LogP contribution in [0.25, 0.3) is 0 Å². The highest BCUT2D eigenvalue weighted by atomic mass is 79.9.